The lowest BCUT2D eigenvalue weighted by atomic mass is 9.64. The molecule has 29 heavy (non-hydrogen) atoms. The number of allylic oxidation sites excluding steroid dienone is 3. The molecule has 1 saturated heterocycles. The number of hydrazine groups is 1. The molecule has 2 aromatic rings. The van der Waals surface area contributed by atoms with Gasteiger partial charge in [-0.05, 0) is 37.3 Å². The topological polar surface area (TPSA) is 115 Å². The number of nitrogens with zero attached hydrogens (tertiary/aromatic N) is 3. The van der Waals surface area contributed by atoms with Crippen molar-refractivity contribution in [1.82, 2.24) is 30.7 Å². The van der Waals surface area contributed by atoms with E-state index in [1.54, 1.807) is 19.2 Å². The molecule has 0 radical (unpaired) electrons. The smallest absolute Gasteiger partial charge is 0.272 e. The Morgan fingerprint density at radius 3 is 2.79 bits per heavy atom. The van der Waals surface area contributed by atoms with Gasteiger partial charge in [0.05, 0.1) is 10.4 Å². The van der Waals surface area contributed by atoms with Crippen LogP contribution in [0.2, 0.25) is 0 Å². The third-order valence-corrected chi connectivity index (χ3v) is 5.34. The van der Waals surface area contributed by atoms with Gasteiger partial charge in [0.2, 0.25) is 6.41 Å². The largest absolute Gasteiger partial charge is 0.346 e. The summed E-state index contributed by atoms with van der Waals surface area (Å²) in [5.41, 5.74) is 3.98. The van der Waals surface area contributed by atoms with Crippen LogP contribution in [0.15, 0.2) is 41.1 Å². The highest BCUT2D eigenvalue weighted by Gasteiger charge is 2.54. The fourth-order valence-electron chi connectivity index (χ4n) is 4.21. The molecule has 1 saturated carbocycles. The summed E-state index contributed by atoms with van der Waals surface area (Å²) in [6.45, 7) is 6.02. The molecule has 152 valence electrons. The lowest BCUT2D eigenvalue weighted by Crippen LogP contribution is -2.75. The summed E-state index contributed by atoms with van der Waals surface area (Å²) in [5, 5.41) is 8.22. The first-order valence-corrected chi connectivity index (χ1v) is 9.58. The number of fused-ring (bicyclic) bond motifs is 1. The van der Waals surface area contributed by atoms with Gasteiger partial charge in [-0.2, -0.15) is 0 Å². The van der Waals surface area contributed by atoms with E-state index in [4.69, 9.17) is 11.6 Å². The standard InChI is InChI=1S/C19H22ClN7O2/c1-11(24-16-12-4-5-21-15(12)22-9-23-16)6-13(20)14-17(29)25-19(26-27(14)10-28)7-18(2,3)8-19/h4-6,9-10,26H,7-8H2,1-3H3,(H,25,29)(H2,21,22,23,24)/b11-6+,14-13+. The van der Waals surface area contributed by atoms with Gasteiger partial charge in [0.1, 0.15) is 29.2 Å². The Hall–Kier alpha value is -2.91. The number of carbonyl (C=O) groups is 2. The number of aromatic nitrogens is 3. The maximum Gasteiger partial charge on any atom is 0.272 e. The van der Waals surface area contributed by atoms with Gasteiger partial charge >= 0.3 is 0 Å². The van der Waals surface area contributed by atoms with Crippen molar-refractivity contribution in [2.75, 3.05) is 5.32 Å². The second-order valence-corrected chi connectivity index (χ2v) is 8.66. The zero-order valence-corrected chi connectivity index (χ0v) is 17.1. The summed E-state index contributed by atoms with van der Waals surface area (Å²) in [4.78, 5) is 35.8. The van der Waals surface area contributed by atoms with E-state index in [1.807, 2.05) is 6.07 Å². The molecule has 4 N–H and O–H groups in total. The molecular weight excluding hydrogens is 394 g/mol. The fraction of sp³-hybridized carbons (Fsp3) is 0.368. The fourth-order valence-corrected chi connectivity index (χ4v) is 4.55. The SMILES string of the molecule is C/C(=C\C(Cl)=C1\C(=O)NC2(CC(C)(C)C2)NN1C=O)Nc1ncnc2[nH]ccc12. The Morgan fingerprint density at radius 2 is 2.10 bits per heavy atom. The first-order chi connectivity index (χ1) is 13.7. The van der Waals surface area contributed by atoms with Crippen molar-refractivity contribution in [1.29, 1.82) is 0 Å². The quantitative estimate of drug-likeness (QED) is 0.450. The van der Waals surface area contributed by atoms with E-state index in [1.165, 1.54) is 6.33 Å². The van der Waals surface area contributed by atoms with E-state index in [2.05, 4.69) is 44.9 Å². The van der Waals surface area contributed by atoms with Gasteiger partial charge in [0, 0.05) is 11.9 Å². The van der Waals surface area contributed by atoms with Crippen molar-refractivity contribution in [3.8, 4) is 0 Å². The van der Waals surface area contributed by atoms with Crippen LogP contribution in [0.1, 0.15) is 33.6 Å². The number of H-pyrrole nitrogens is 1. The third kappa shape index (κ3) is 3.58. The highest BCUT2D eigenvalue weighted by molar-refractivity contribution is 6.33. The number of halogens is 1. The molecule has 0 unspecified atom stereocenters. The Balaban J connectivity index is 1.58. The summed E-state index contributed by atoms with van der Waals surface area (Å²) in [6.07, 6.45) is 6.80. The molecule has 0 bridgehead atoms. The second kappa shape index (κ2) is 6.85. The molecule has 0 aromatic carbocycles. The Labute approximate surface area is 172 Å². The van der Waals surface area contributed by atoms with Crippen molar-refractivity contribution in [2.24, 2.45) is 5.41 Å². The van der Waals surface area contributed by atoms with Gasteiger partial charge < -0.3 is 15.6 Å². The van der Waals surface area contributed by atoms with E-state index >= 15 is 0 Å². The summed E-state index contributed by atoms with van der Waals surface area (Å²) in [7, 11) is 0. The van der Waals surface area contributed by atoms with Crippen LogP contribution >= 0.6 is 11.6 Å². The zero-order chi connectivity index (χ0) is 20.8. The number of amides is 2. The number of anilines is 1. The van der Waals surface area contributed by atoms with Gasteiger partial charge in [-0.1, -0.05) is 25.4 Å². The van der Waals surface area contributed by atoms with Crippen LogP contribution in [-0.2, 0) is 9.59 Å². The highest BCUT2D eigenvalue weighted by atomic mass is 35.5. The predicted molar refractivity (Wildman–Crippen MR) is 109 cm³/mol. The minimum atomic E-state index is -0.611. The van der Waals surface area contributed by atoms with E-state index < -0.39 is 11.6 Å². The number of hydrogen-bond donors (Lipinski definition) is 4. The number of carbonyl (C=O) groups excluding carboxylic acids is 2. The molecule has 2 amide bonds. The lowest BCUT2D eigenvalue weighted by Gasteiger charge is -2.57. The van der Waals surface area contributed by atoms with Crippen molar-refractivity contribution in [3.63, 3.8) is 0 Å². The first-order valence-electron chi connectivity index (χ1n) is 9.20. The van der Waals surface area contributed by atoms with Gasteiger partial charge in [-0.15, -0.1) is 0 Å². The number of nitrogens with one attached hydrogen (secondary N) is 4. The van der Waals surface area contributed by atoms with Crippen LogP contribution in [0.25, 0.3) is 11.0 Å². The molecule has 9 nitrogen and oxygen atoms in total. The van der Waals surface area contributed by atoms with Crippen LogP contribution < -0.4 is 16.1 Å². The van der Waals surface area contributed by atoms with Crippen molar-refractivity contribution in [2.45, 2.75) is 39.3 Å². The average molecular weight is 416 g/mol. The molecule has 0 atom stereocenters. The number of rotatable bonds is 4. The summed E-state index contributed by atoms with van der Waals surface area (Å²) in [5.74, 6) is 0.212. The number of aromatic amines is 1. The Kier molecular flexibility index (Phi) is 4.59. The molecule has 3 heterocycles. The van der Waals surface area contributed by atoms with Crippen LogP contribution in [0.5, 0.6) is 0 Å². The molecule has 2 aromatic heterocycles. The molecule has 2 aliphatic rings. The maximum absolute atomic E-state index is 12.7. The summed E-state index contributed by atoms with van der Waals surface area (Å²) in [6, 6.07) is 1.86. The Bertz CT molecular complexity index is 1050. The minimum Gasteiger partial charge on any atom is -0.346 e. The first kappa shape index (κ1) is 19.4. The molecular formula is C19H22ClN7O2. The second-order valence-electron chi connectivity index (χ2n) is 8.25. The van der Waals surface area contributed by atoms with Crippen LogP contribution in [0.4, 0.5) is 5.82 Å². The van der Waals surface area contributed by atoms with E-state index in [0.29, 0.717) is 23.6 Å². The molecule has 1 aliphatic carbocycles. The lowest BCUT2D eigenvalue weighted by molar-refractivity contribution is -0.144. The van der Waals surface area contributed by atoms with E-state index in [0.717, 1.165) is 23.2 Å². The van der Waals surface area contributed by atoms with E-state index in [9.17, 15) is 9.59 Å². The van der Waals surface area contributed by atoms with Crippen molar-refractivity contribution < 1.29 is 9.59 Å². The van der Waals surface area contributed by atoms with Gasteiger partial charge in [0.15, 0.2) is 0 Å². The third-order valence-electron chi connectivity index (χ3n) is 5.05. The van der Waals surface area contributed by atoms with Crippen molar-refractivity contribution >= 4 is 40.8 Å². The zero-order valence-electron chi connectivity index (χ0n) is 16.3. The van der Waals surface area contributed by atoms with Gasteiger partial charge in [-0.25, -0.2) is 20.4 Å². The monoisotopic (exact) mass is 415 g/mol. The molecule has 1 spiro atoms. The highest BCUT2D eigenvalue weighted by Crippen LogP contribution is 2.47. The minimum absolute atomic E-state index is 0.0487. The summed E-state index contributed by atoms with van der Waals surface area (Å²) < 4.78 is 0. The Morgan fingerprint density at radius 1 is 1.34 bits per heavy atom. The number of hydrogen-bond acceptors (Lipinski definition) is 6. The average Bonchev–Trinajstić information content (AvgIpc) is 3.08. The van der Waals surface area contributed by atoms with Crippen molar-refractivity contribution in [3.05, 3.63) is 41.1 Å². The van der Waals surface area contributed by atoms with Gasteiger partial charge in [-0.3, -0.25) is 9.59 Å². The predicted octanol–water partition coefficient (Wildman–Crippen LogP) is 2.33. The van der Waals surface area contributed by atoms with E-state index in [-0.39, 0.29) is 16.1 Å². The van der Waals surface area contributed by atoms with Crippen LogP contribution in [0, 0.1) is 5.41 Å². The normalized spacial score (nSPS) is 22.3. The molecule has 10 heteroatoms. The van der Waals surface area contributed by atoms with Crippen LogP contribution in [0.3, 0.4) is 0 Å². The molecule has 4 rings (SSSR count). The van der Waals surface area contributed by atoms with Gasteiger partial charge in [0.25, 0.3) is 5.91 Å². The maximum atomic E-state index is 12.7. The van der Waals surface area contributed by atoms with Crippen LogP contribution in [-0.4, -0.2) is 37.9 Å². The molecule has 1 aliphatic heterocycles. The molecule has 2 fully saturated rings. The summed E-state index contributed by atoms with van der Waals surface area (Å²) >= 11 is 6.42.